The Morgan fingerprint density at radius 2 is 2.15 bits per heavy atom. The molecule has 0 aliphatic heterocycles. The van der Waals surface area contributed by atoms with Crippen LogP contribution in [0, 0.1) is 5.41 Å². The van der Waals surface area contributed by atoms with E-state index in [1.54, 1.807) is 6.20 Å². The average molecular weight is 276 g/mol. The summed E-state index contributed by atoms with van der Waals surface area (Å²) < 4.78 is 0. The normalized spacial score (nSPS) is 19.8. The number of anilines is 1. The van der Waals surface area contributed by atoms with Gasteiger partial charge >= 0.3 is 0 Å². The van der Waals surface area contributed by atoms with Gasteiger partial charge in [-0.3, -0.25) is 4.79 Å². The zero-order valence-corrected chi connectivity index (χ0v) is 12.9. The van der Waals surface area contributed by atoms with Crippen LogP contribution in [-0.2, 0) is 0 Å². The predicted molar refractivity (Wildman–Crippen MR) is 79.9 cm³/mol. The Hall–Kier alpha value is -1.65. The van der Waals surface area contributed by atoms with E-state index < -0.39 is 0 Å². The van der Waals surface area contributed by atoms with Gasteiger partial charge in [-0.2, -0.15) is 0 Å². The van der Waals surface area contributed by atoms with E-state index >= 15 is 0 Å². The van der Waals surface area contributed by atoms with E-state index in [4.69, 9.17) is 0 Å². The summed E-state index contributed by atoms with van der Waals surface area (Å²) in [7, 11) is 0. The zero-order chi connectivity index (χ0) is 14.9. The lowest BCUT2D eigenvalue weighted by Crippen LogP contribution is -2.30. The van der Waals surface area contributed by atoms with Crippen LogP contribution < -0.4 is 10.6 Å². The molecule has 1 amide bonds. The zero-order valence-electron chi connectivity index (χ0n) is 12.9. The maximum Gasteiger partial charge on any atom is 0.272 e. The number of hydrogen-bond acceptors (Lipinski definition) is 4. The highest BCUT2D eigenvalue weighted by Crippen LogP contribution is 2.44. The number of aromatic nitrogens is 2. The van der Waals surface area contributed by atoms with Crippen LogP contribution in [-0.4, -0.2) is 28.5 Å². The number of hydrogen-bond donors (Lipinski definition) is 2. The molecule has 1 atom stereocenters. The van der Waals surface area contributed by atoms with Gasteiger partial charge in [0.25, 0.3) is 5.91 Å². The van der Waals surface area contributed by atoms with Gasteiger partial charge in [0.1, 0.15) is 5.82 Å². The number of carbonyl (C=O) groups excluding carboxylic acids is 1. The molecular weight excluding hydrogens is 252 g/mol. The van der Waals surface area contributed by atoms with Gasteiger partial charge in [-0.25, -0.2) is 9.97 Å². The molecule has 1 aromatic rings. The van der Waals surface area contributed by atoms with Gasteiger partial charge in [0, 0.05) is 18.5 Å². The van der Waals surface area contributed by atoms with Gasteiger partial charge in [0.2, 0.25) is 0 Å². The Kier molecular flexibility index (Phi) is 3.97. The van der Waals surface area contributed by atoms with Gasteiger partial charge < -0.3 is 10.6 Å². The molecule has 5 heteroatoms. The topological polar surface area (TPSA) is 66.9 Å². The molecule has 1 aliphatic carbocycles. The minimum absolute atomic E-state index is 0.110. The first-order chi connectivity index (χ1) is 9.35. The van der Waals surface area contributed by atoms with Gasteiger partial charge in [0.05, 0.1) is 11.9 Å². The third-order valence-corrected chi connectivity index (χ3v) is 3.72. The standard InChI is InChI=1S/C15H24N4O/c1-6-16-10-8-17-13(9(2)3)19-12(10)14(20)18-11-7-15(11,4)5/h8-9,11,16H,6-7H2,1-5H3,(H,18,20). The summed E-state index contributed by atoms with van der Waals surface area (Å²) in [6.45, 7) is 11.1. The highest BCUT2D eigenvalue weighted by Gasteiger charge is 2.46. The fourth-order valence-corrected chi connectivity index (χ4v) is 2.11. The van der Waals surface area contributed by atoms with E-state index in [0.29, 0.717) is 17.2 Å². The van der Waals surface area contributed by atoms with E-state index in [1.165, 1.54) is 0 Å². The predicted octanol–water partition coefficient (Wildman–Crippen LogP) is 2.56. The van der Waals surface area contributed by atoms with Crippen molar-refractivity contribution in [1.82, 2.24) is 15.3 Å². The molecule has 5 nitrogen and oxygen atoms in total. The molecular formula is C15H24N4O. The monoisotopic (exact) mass is 276 g/mol. The van der Waals surface area contributed by atoms with Crippen LogP contribution >= 0.6 is 0 Å². The molecule has 0 radical (unpaired) electrons. The fourth-order valence-electron chi connectivity index (χ4n) is 2.11. The summed E-state index contributed by atoms with van der Waals surface area (Å²) in [5, 5.41) is 6.21. The van der Waals surface area contributed by atoms with Gasteiger partial charge in [-0.05, 0) is 18.8 Å². The second kappa shape index (κ2) is 5.38. The second-order valence-corrected chi connectivity index (χ2v) is 6.39. The van der Waals surface area contributed by atoms with Crippen molar-refractivity contribution >= 4 is 11.6 Å². The van der Waals surface area contributed by atoms with Crippen LogP contribution in [0.5, 0.6) is 0 Å². The maximum atomic E-state index is 12.4. The van der Waals surface area contributed by atoms with E-state index in [-0.39, 0.29) is 23.3 Å². The van der Waals surface area contributed by atoms with Crippen molar-refractivity contribution in [2.45, 2.75) is 53.0 Å². The fraction of sp³-hybridized carbons (Fsp3) is 0.667. The van der Waals surface area contributed by atoms with Crippen molar-refractivity contribution in [3.05, 3.63) is 17.7 Å². The van der Waals surface area contributed by atoms with Crippen molar-refractivity contribution in [1.29, 1.82) is 0 Å². The molecule has 110 valence electrons. The third-order valence-electron chi connectivity index (χ3n) is 3.72. The molecule has 1 unspecified atom stereocenters. The lowest BCUT2D eigenvalue weighted by atomic mass is 10.2. The molecule has 1 fully saturated rings. The van der Waals surface area contributed by atoms with Crippen LogP contribution in [0.4, 0.5) is 5.69 Å². The molecule has 0 saturated heterocycles. The van der Waals surface area contributed by atoms with Crippen molar-refractivity contribution in [2.75, 3.05) is 11.9 Å². The number of amides is 1. The second-order valence-electron chi connectivity index (χ2n) is 6.39. The Labute approximate surface area is 120 Å². The highest BCUT2D eigenvalue weighted by atomic mass is 16.2. The third kappa shape index (κ3) is 3.08. The number of nitrogens with zero attached hydrogens (tertiary/aromatic N) is 2. The lowest BCUT2D eigenvalue weighted by Gasteiger charge is -2.13. The van der Waals surface area contributed by atoms with E-state index in [1.807, 2.05) is 20.8 Å². The van der Waals surface area contributed by atoms with Gasteiger partial charge in [-0.15, -0.1) is 0 Å². The average Bonchev–Trinajstić information content (AvgIpc) is 2.96. The SMILES string of the molecule is CCNc1cnc(C(C)C)nc1C(=O)NC1CC1(C)C. The van der Waals surface area contributed by atoms with Gasteiger partial charge in [-0.1, -0.05) is 27.7 Å². The van der Waals surface area contributed by atoms with Crippen LogP contribution in [0.2, 0.25) is 0 Å². The summed E-state index contributed by atoms with van der Waals surface area (Å²) in [6, 6.07) is 0.252. The summed E-state index contributed by atoms with van der Waals surface area (Å²) >= 11 is 0. The Balaban J connectivity index is 2.22. The maximum absolute atomic E-state index is 12.4. The van der Waals surface area contributed by atoms with Crippen molar-refractivity contribution in [3.8, 4) is 0 Å². The molecule has 1 aromatic heterocycles. The smallest absolute Gasteiger partial charge is 0.272 e. The summed E-state index contributed by atoms with van der Waals surface area (Å²) in [6.07, 6.45) is 2.73. The van der Waals surface area contributed by atoms with E-state index in [0.717, 1.165) is 13.0 Å². The summed E-state index contributed by atoms with van der Waals surface area (Å²) in [5.41, 5.74) is 1.36. The molecule has 2 rings (SSSR count). The molecule has 1 aliphatic rings. The van der Waals surface area contributed by atoms with Crippen LogP contribution in [0.15, 0.2) is 6.20 Å². The Bertz CT molecular complexity index is 511. The Morgan fingerprint density at radius 3 is 2.65 bits per heavy atom. The molecule has 2 N–H and O–H groups in total. The number of nitrogens with one attached hydrogen (secondary N) is 2. The molecule has 1 saturated carbocycles. The molecule has 0 bridgehead atoms. The first kappa shape index (κ1) is 14.8. The highest BCUT2D eigenvalue weighted by molar-refractivity contribution is 5.97. The van der Waals surface area contributed by atoms with Crippen LogP contribution in [0.25, 0.3) is 0 Å². The van der Waals surface area contributed by atoms with Crippen molar-refractivity contribution < 1.29 is 4.79 Å². The number of rotatable bonds is 5. The largest absolute Gasteiger partial charge is 0.382 e. The summed E-state index contributed by atoms with van der Waals surface area (Å²) in [4.78, 5) is 21.2. The minimum Gasteiger partial charge on any atom is -0.382 e. The first-order valence-electron chi connectivity index (χ1n) is 7.27. The quantitative estimate of drug-likeness (QED) is 0.867. The molecule has 0 aromatic carbocycles. The Morgan fingerprint density at radius 1 is 1.50 bits per heavy atom. The molecule has 20 heavy (non-hydrogen) atoms. The molecule has 0 spiro atoms. The van der Waals surface area contributed by atoms with Crippen molar-refractivity contribution in [2.24, 2.45) is 5.41 Å². The number of carbonyl (C=O) groups is 1. The first-order valence-corrected chi connectivity index (χ1v) is 7.27. The van der Waals surface area contributed by atoms with E-state index in [9.17, 15) is 4.79 Å². The van der Waals surface area contributed by atoms with Crippen LogP contribution in [0.3, 0.4) is 0 Å². The van der Waals surface area contributed by atoms with Crippen LogP contribution in [0.1, 0.15) is 63.3 Å². The summed E-state index contributed by atoms with van der Waals surface area (Å²) in [5.74, 6) is 0.794. The van der Waals surface area contributed by atoms with Crippen molar-refractivity contribution in [3.63, 3.8) is 0 Å². The van der Waals surface area contributed by atoms with Gasteiger partial charge in [0.15, 0.2) is 5.69 Å². The van der Waals surface area contributed by atoms with E-state index in [2.05, 4.69) is 34.4 Å². The minimum atomic E-state index is -0.110. The lowest BCUT2D eigenvalue weighted by molar-refractivity contribution is 0.0941. The molecule has 1 heterocycles.